The first-order valence-electron chi connectivity index (χ1n) is 7.03. The van der Waals surface area contributed by atoms with E-state index in [4.69, 9.17) is 0 Å². The van der Waals surface area contributed by atoms with E-state index >= 15 is 0 Å². The molecule has 0 aliphatic carbocycles. The predicted molar refractivity (Wildman–Crippen MR) is 80.8 cm³/mol. The van der Waals surface area contributed by atoms with Crippen LogP contribution in [0.3, 0.4) is 0 Å². The van der Waals surface area contributed by atoms with E-state index in [1.54, 1.807) is 17.0 Å². The molecule has 0 aromatic heterocycles. The standard InChI is InChI=1S/C16H14F3NO2S/c17-13-6-5-12-10-20(8-7-11(12)9-13)14-3-1-2-4-15(14)23(21,22)16(18)19/h1-6,9,16H,7-8,10H2. The van der Waals surface area contributed by atoms with Gasteiger partial charge in [0, 0.05) is 13.1 Å². The molecule has 0 saturated carbocycles. The van der Waals surface area contributed by atoms with E-state index in [1.807, 2.05) is 0 Å². The maximum absolute atomic E-state index is 13.2. The number of sulfone groups is 1. The second kappa shape index (κ2) is 5.88. The van der Waals surface area contributed by atoms with Crippen LogP contribution in [-0.2, 0) is 22.8 Å². The molecule has 0 bridgehead atoms. The molecule has 1 heterocycles. The molecule has 0 fully saturated rings. The van der Waals surface area contributed by atoms with E-state index in [0.29, 0.717) is 19.5 Å². The number of nitrogens with zero attached hydrogens (tertiary/aromatic N) is 1. The van der Waals surface area contributed by atoms with Crippen LogP contribution in [0.2, 0.25) is 0 Å². The lowest BCUT2D eigenvalue weighted by Gasteiger charge is -2.32. The van der Waals surface area contributed by atoms with Crippen LogP contribution < -0.4 is 4.90 Å². The highest BCUT2D eigenvalue weighted by atomic mass is 32.2. The Bertz CT molecular complexity index is 837. The van der Waals surface area contributed by atoms with Crippen LogP contribution in [0.1, 0.15) is 11.1 Å². The Kier molecular flexibility index (Phi) is 4.06. The smallest absolute Gasteiger partial charge is 0.341 e. The zero-order valence-electron chi connectivity index (χ0n) is 12.0. The molecule has 0 amide bonds. The number of rotatable bonds is 3. The van der Waals surface area contributed by atoms with Gasteiger partial charge in [0.15, 0.2) is 0 Å². The third kappa shape index (κ3) is 2.93. The van der Waals surface area contributed by atoms with E-state index in [2.05, 4.69) is 0 Å². The van der Waals surface area contributed by atoms with Crippen LogP contribution in [0.25, 0.3) is 0 Å². The van der Waals surface area contributed by atoms with E-state index in [1.165, 1.54) is 30.3 Å². The summed E-state index contributed by atoms with van der Waals surface area (Å²) in [5.74, 6) is -3.78. The maximum Gasteiger partial charge on any atom is 0.341 e. The molecule has 23 heavy (non-hydrogen) atoms. The molecular weight excluding hydrogens is 327 g/mol. The van der Waals surface area contributed by atoms with Crippen LogP contribution in [0.5, 0.6) is 0 Å². The first-order valence-corrected chi connectivity index (χ1v) is 8.57. The summed E-state index contributed by atoms with van der Waals surface area (Å²) in [7, 11) is -4.68. The number of anilines is 1. The molecule has 7 heteroatoms. The van der Waals surface area contributed by atoms with Gasteiger partial charge in [0.1, 0.15) is 5.82 Å². The van der Waals surface area contributed by atoms with Gasteiger partial charge >= 0.3 is 5.76 Å². The fraction of sp³-hybridized carbons (Fsp3) is 0.250. The Labute approximate surface area is 132 Å². The summed E-state index contributed by atoms with van der Waals surface area (Å²) >= 11 is 0. The lowest BCUT2D eigenvalue weighted by molar-refractivity contribution is 0.235. The van der Waals surface area contributed by atoms with Gasteiger partial charge in [-0.25, -0.2) is 12.8 Å². The topological polar surface area (TPSA) is 37.4 Å². The molecule has 0 atom stereocenters. The highest BCUT2D eigenvalue weighted by molar-refractivity contribution is 7.91. The van der Waals surface area contributed by atoms with E-state index in [0.717, 1.165) is 11.1 Å². The Balaban J connectivity index is 2.00. The van der Waals surface area contributed by atoms with Crippen LogP contribution in [0.4, 0.5) is 18.9 Å². The molecule has 1 aliphatic heterocycles. The van der Waals surface area contributed by atoms with Crippen molar-refractivity contribution in [2.75, 3.05) is 11.4 Å². The number of benzene rings is 2. The maximum atomic E-state index is 13.2. The molecule has 2 aromatic carbocycles. The van der Waals surface area contributed by atoms with Crippen molar-refractivity contribution in [1.82, 2.24) is 0 Å². The van der Waals surface area contributed by atoms with Crippen molar-refractivity contribution >= 4 is 15.5 Å². The van der Waals surface area contributed by atoms with Crippen LogP contribution in [-0.4, -0.2) is 20.7 Å². The van der Waals surface area contributed by atoms with Gasteiger partial charge in [0.2, 0.25) is 9.84 Å². The van der Waals surface area contributed by atoms with Crippen LogP contribution in [0.15, 0.2) is 47.4 Å². The number of fused-ring (bicyclic) bond motifs is 1. The fourth-order valence-corrected chi connectivity index (χ4v) is 3.73. The molecule has 3 nitrogen and oxygen atoms in total. The first-order chi connectivity index (χ1) is 10.9. The molecule has 2 aromatic rings. The number of hydrogen-bond donors (Lipinski definition) is 0. The average molecular weight is 341 g/mol. The van der Waals surface area contributed by atoms with Crippen molar-refractivity contribution in [3.05, 3.63) is 59.4 Å². The zero-order valence-corrected chi connectivity index (χ0v) is 12.9. The van der Waals surface area contributed by atoms with Gasteiger partial charge < -0.3 is 4.90 Å². The average Bonchev–Trinajstić information content (AvgIpc) is 2.54. The van der Waals surface area contributed by atoms with Crippen molar-refractivity contribution < 1.29 is 21.6 Å². The summed E-state index contributed by atoms with van der Waals surface area (Å²) in [6.45, 7) is 0.789. The van der Waals surface area contributed by atoms with Gasteiger partial charge in [0.05, 0.1) is 10.6 Å². The minimum atomic E-state index is -4.68. The van der Waals surface area contributed by atoms with Gasteiger partial charge in [-0.05, 0) is 41.8 Å². The quantitative estimate of drug-likeness (QED) is 0.859. The van der Waals surface area contributed by atoms with Crippen molar-refractivity contribution in [3.63, 3.8) is 0 Å². The van der Waals surface area contributed by atoms with E-state index in [-0.39, 0.29) is 16.4 Å². The van der Waals surface area contributed by atoms with Crippen molar-refractivity contribution in [2.45, 2.75) is 23.6 Å². The minimum Gasteiger partial charge on any atom is -0.366 e. The first kappa shape index (κ1) is 15.9. The summed E-state index contributed by atoms with van der Waals surface area (Å²) in [6, 6.07) is 10.2. The molecule has 3 rings (SSSR count). The summed E-state index contributed by atoms with van der Waals surface area (Å²) < 4.78 is 62.7. The lowest BCUT2D eigenvalue weighted by Crippen LogP contribution is -2.32. The van der Waals surface area contributed by atoms with Gasteiger partial charge in [-0.3, -0.25) is 0 Å². The van der Waals surface area contributed by atoms with Crippen molar-refractivity contribution in [1.29, 1.82) is 0 Å². The molecule has 0 spiro atoms. The van der Waals surface area contributed by atoms with E-state index < -0.39 is 15.6 Å². The van der Waals surface area contributed by atoms with Gasteiger partial charge in [-0.1, -0.05) is 18.2 Å². The predicted octanol–water partition coefficient (Wildman–Crippen LogP) is 3.38. The Morgan fingerprint density at radius 1 is 1.04 bits per heavy atom. The van der Waals surface area contributed by atoms with Gasteiger partial charge in [-0.15, -0.1) is 0 Å². The highest BCUT2D eigenvalue weighted by Crippen LogP contribution is 2.32. The lowest BCUT2D eigenvalue weighted by atomic mass is 9.99. The zero-order chi connectivity index (χ0) is 16.6. The monoisotopic (exact) mass is 341 g/mol. The second-order valence-corrected chi connectivity index (χ2v) is 7.24. The van der Waals surface area contributed by atoms with Crippen LogP contribution >= 0.6 is 0 Å². The fourth-order valence-electron chi connectivity index (χ4n) is 2.78. The third-order valence-corrected chi connectivity index (χ3v) is 5.36. The normalized spacial score (nSPS) is 14.9. The Morgan fingerprint density at radius 2 is 1.78 bits per heavy atom. The Morgan fingerprint density at radius 3 is 2.52 bits per heavy atom. The largest absolute Gasteiger partial charge is 0.366 e. The molecule has 1 aliphatic rings. The highest BCUT2D eigenvalue weighted by Gasteiger charge is 2.31. The third-order valence-electron chi connectivity index (χ3n) is 3.93. The second-order valence-electron chi connectivity index (χ2n) is 5.36. The van der Waals surface area contributed by atoms with E-state index in [9.17, 15) is 21.6 Å². The molecule has 0 unspecified atom stereocenters. The molecular formula is C16H14F3NO2S. The Hall–Kier alpha value is -2.02. The minimum absolute atomic E-state index is 0.253. The van der Waals surface area contributed by atoms with Crippen molar-refractivity contribution in [3.8, 4) is 0 Å². The summed E-state index contributed by atoms with van der Waals surface area (Å²) in [5, 5.41) is 0. The summed E-state index contributed by atoms with van der Waals surface area (Å²) in [6.07, 6.45) is 0.524. The molecule has 0 saturated heterocycles. The van der Waals surface area contributed by atoms with Crippen molar-refractivity contribution in [2.24, 2.45) is 0 Å². The molecule has 0 radical (unpaired) electrons. The molecule has 0 N–H and O–H groups in total. The number of hydrogen-bond acceptors (Lipinski definition) is 3. The van der Waals surface area contributed by atoms with Gasteiger partial charge in [0.25, 0.3) is 0 Å². The van der Waals surface area contributed by atoms with Gasteiger partial charge in [-0.2, -0.15) is 8.78 Å². The number of halogens is 3. The number of para-hydroxylation sites is 1. The summed E-state index contributed by atoms with van der Waals surface area (Å²) in [4.78, 5) is 1.36. The number of alkyl halides is 2. The van der Waals surface area contributed by atoms with Crippen LogP contribution in [0, 0.1) is 5.82 Å². The summed E-state index contributed by atoms with van der Waals surface area (Å²) in [5.41, 5.74) is 1.97. The SMILES string of the molecule is O=S(=O)(c1ccccc1N1CCc2cc(F)ccc2C1)C(F)F. The molecule has 122 valence electrons.